The molecule has 5 aliphatic carbocycles. The number of allylic oxidation sites excluding steroid dienone is 3. The van der Waals surface area contributed by atoms with Gasteiger partial charge >= 0.3 is 11.9 Å². The Morgan fingerprint density at radius 3 is 1.88 bits per heavy atom. The molecule has 0 bridgehead atoms. The van der Waals surface area contributed by atoms with E-state index in [-0.39, 0.29) is 18.3 Å². The molecular formula is C41H62O16. The van der Waals surface area contributed by atoms with Crippen molar-refractivity contribution in [2.24, 2.45) is 44.8 Å². The Morgan fingerprint density at radius 2 is 1.32 bits per heavy atom. The van der Waals surface area contributed by atoms with E-state index in [9.17, 15) is 60.7 Å². The van der Waals surface area contributed by atoms with Crippen LogP contribution in [0.3, 0.4) is 0 Å². The quantitative estimate of drug-likeness (QED) is 0.118. The molecule has 0 spiro atoms. The Morgan fingerprint density at radius 1 is 0.754 bits per heavy atom. The Bertz CT molecular complexity index is 1620. The van der Waals surface area contributed by atoms with Crippen molar-refractivity contribution in [2.75, 3.05) is 13.2 Å². The predicted molar refractivity (Wildman–Crippen MR) is 196 cm³/mol. The number of aliphatic hydroxyl groups excluding tert-OH is 10. The molecule has 2 heterocycles. The average Bonchev–Trinajstić information content (AvgIpc) is 3.17. The number of fused-ring (bicyclic) bond motifs is 7. The van der Waals surface area contributed by atoms with E-state index < -0.39 is 132 Å². The second kappa shape index (κ2) is 14.8. The van der Waals surface area contributed by atoms with Crippen LogP contribution in [0.5, 0.6) is 0 Å². The van der Waals surface area contributed by atoms with E-state index in [0.717, 1.165) is 11.1 Å². The molecule has 2 aliphatic heterocycles. The van der Waals surface area contributed by atoms with Gasteiger partial charge in [0.1, 0.15) is 48.8 Å². The lowest BCUT2D eigenvalue weighted by atomic mass is 9.33. The number of esters is 2. The molecule has 16 nitrogen and oxygen atoms in total. The number of aliphatic hydroxyl groups is 10. The minimum atomic E-state index is -1.84. The smallest absolute Gasteiger partial charge is 0.317 e. The van der Waals surface area contributed by atoms with Crippen LogP contribution in [0.15, 0.2) is 23.8 Å². The highest BCUT2D eigenvalue weighted by Gasteiger charge is 2.72. The lowest BCUT2D eigenvalue weighted by Crippen LogP contribution is -2.69. The van der Waals surface area contributed by atoms with Crippen LogP contribution in [-0.4, -0.2) is 150 Å². The Hall–Kier alpha value is -2.06. The van der Waals surface area contributed by atoms with Gasteiger partial charge in [-0.15, -0.1) is 0 Å². The van der Waals surface area contributed by atoms with Crippen LogP contribution in [0.2, 0.25) is 0 Å². The predicted octanol–water partition coefficient (Wildman–Crippen LogP) is -0.684. The maximum Gasteiger partial charge on any atom is 0.317 e. The number of carbonyl (C=O) groups excluding carboxylic acids is 2. The Kier molecular flexibility index (Phi) is 11.2. The average molecular weight is 811 g/mol. The zero-order valence-corrected chi connectivity index (χ0v) is 33.1. The molecule has 2 saturated heterocycles. The van der Waals surface area contributed by atoms with Crippen molar-refractivity contribution in [1.82, 2.24) is 0 Å². The first-order valence-electron chi connectivity index (χ1n) is 20.4. The summed E-state index contributed by atoms with van der Waals surface area (Å²) >= 11 is 0. The molecule has 10 N–H and O–H groups in total. The second-order valence-electron chi connectivity index (χ2n) is 19.2. The summed E-state index contributed by atoms with van der Waals surface area (Å²) in [6, 6.07) is 0. The molecular weight excluding hydrogens is 748 g/mol. The van der Waals surface area contributed by atoms with Gasteiger partial charge in [-0.2, -0.15) is 0 Å². The third-order valence-corrected chi connectivity index (χ3v) is 16.7. The lowest BCUT2D eigenvalue weighted by Gasteiger charge is -2.71. The molecule has 20 atom stereocenters. The molecule has 7 rings (SSSR count). The molecule has 0 unspecified atom stereocenters. The number of hydrogen-bond acceptors (Lipinski definition) is 16. The molecule has 0 aromatic carbocycles. The topological polar surface area (TPSA) is 273 Å². The van der Waals surface area contributed by atoms with Crippen molar-refractivity contribution in [3.63, 3.8) is 0 Å². The van der Waals surface area contributed by atoms with E-state index in [4.69, 9.17) is 18.9 Å². The van der Waals surface area contributed by atoms with E-state index in [1.807, 2.05) is 6.92 Å². The van der Waals surface area contributed by atoms with Crippen molar-refractivity contribution < 1.29 is 79.6 Å². The third kappa shape index (κ3) is 6.14. The van der Waals surface area contributed by atoms with Crippen molar-refractivity contribution in [2.45, 2.75) is 159 Å². The van der Waals surface area contributed by atoms with Gasteiger partial charge in [0.15, 0.2) is 0 Å². The van der Waals surface area contributed by atoms with Crippen LogP contribution in [0, 0.1) is 44.8 Å². The highest BCUT2D eigenvalue weighted by molar-refractivity contribution is 5.80. The van der Waals surface area contributed by atoms with Gasteiger partial charge in [0, 0.05) is 5.92 Å². The van der Waals surface area contributed by atoms with E-state index in [0.29, 0.717) is 51.4 Å². The fourth-order valence-electron chi connectivity index (χ4n) is 13.0. The van der Waals surface area contributed by atoms with Crippen molar-refractivity contribution in [1.29, 1.82) is 0 Å². The highest BCUT2D eigenvalue weighted by atomic mass is 16.7. The fraction of sp³-hybridized carbons (Fsp3) is 0.854. The zero-order valence-electron chi connectivity index (χ0n) is 33.1. The monoisotopic (exact) mass is 810 g/mol. The zero-order chi connectivity index (χ0) is 41.8. The SMILES string of the molecule is C=C1CC[C@]2(C(=O)O[C@@H]3O[C@H](CO)[C@@H](O)[C@H](O)[C@H]3O)CC[C@]3(C)C(=CC[C@@H]4[C@@]5(C)C[C@H](O)[C@H](O)[C@@](C)(C(=O)O[C@@H]6O[C@H](CO)[C@@H](O)[C@H](O)[C@H]6O)[C@@H]5CC[C@]43C)[C@@H]2C1. The molecule has 16 heteroatoms. The number of carbonyl (C=O) groups is 2. The van der Waals surface area contributed by atoms with E-state index in [1.54, 1.807) is 6.92 Å². The van der Waals surface area contributed by atoms with Gasteiger partial charge in [0.05, 0.1) is 36.3 Å². The normalized spacial score (nSPS) is 53.6. The fourth-order valence-corrected chi connectivity index (χ4v) is 13.0. The molecule has 0 aromatic rings. The third-order valence-electron chi connectivity index (χ3n) is 16.7. The molecule has 0 radical (unpaired) electrons. The number of ether oxygens (including phenoxy) is 4. The number of hydrogen-bond donors (Lipinski definition) is 10. The molecule has 0 aromatic heterocycles. The van der Waals surface area contributed by atoms with Crippen LogP contribution in [0.4, 0.5) is 0 Å². The molecule has 6 fully saturated rings. The van der Waals surface area contributed by atoms with Gasteiger partial charge in [-0.25, -0.2) is 0 Å². The van der Waals surface area contributed by atoms with E-state index in [2.05, 4.69) is 26.5 Å². The largest absolute Gasteiger partial charge is 0.432 e. The molecule has 4 saturated carbocycles. The minimum absolute atomic E-state index is 0.112. The Balaban J connectivity index is 1.19. The van der Waals surface area contributed by atoms with E-state index in [1.165, 1.54) is 0 Å². The van der Waals surface area contributed by atoms with E-state index >= 15 is 0 Å². The van der Waals surface area contributed by atoms with Gasteiger partial charge in [-0.1, -0.05) is 44.6 Å². The summed E-state index contributed by atoms with van der Waals surface area (Å²) in [6.07, 6.45) is -12.5. The lowest BCUT2D eigenvalue weighted by molar-refractivity contribution is -0.303. The van der Waals surface area contributed by atoms with Crippen LogP contribution in [-0.2, 0) is 28.5 Å². The van der Waals surface area contributed by atoms with Crippen LogP contribution < -0.4 is 0 Å². The summed E-state index contributed by atoms with van der Waals surface area (Å²) in [5.74, 6) is -2.47. The maximum atomic E-state index is 14.4. The number of rotatable bonds is 6. The van der Waals surface area contributed by atoms with Crippen molar-refractivity contribution in [3.05, 3.63) is 23.8 Å². The van der Waals surface area contributed by atoms with Crippen molar-refractivity contribution >= 4 is 11.9 Å². The summed E-state index contributed by atoms with van der Waals surface area (Å²) in [4.78, 5) is 28.7. The van der Waals surface area contributed by atoms with Gasteiger partial charge < -0.3 is 70.0 Å². The standard InChI is InChI=1S/C41H62O16/c1-18-8-11-41(36(53)57-34-31(50)29(48)27(46)23(17-43)55-34)13-12-38(3)19(20(41)14-18)6-7-24-37(2)15-21(44)32(51)40(5,25(37)9-10-39(24,38)4)35(52)56-33-30(49)28(47)26(45)22(16-42)54-33/h6,20-34,42-51H,1,7-17H2,2-5H3/t20-,21-,22+,23+,24+,25+,26+,27+,28-,29-,30+,31+,32-,33-,34-,37+,38+,39+,40-,41-/m0/s1. The summed E-state index contributed by atoms with van der Waals surface area (Å²) in [7, 11) is 0. The first-order chi connectivity index (χ1) is 26.7. The molecule has 322 valence electrons. The first kappa shape index (κ1) is 43.0. The highest BCUT2D eigenvalue weighted by Crippen LogP contribution is 2.75. The van der Waals surface area contributed by atoms with Gasteiger partial charge in [0.25, 0.3) is 0 Å². The van der Waals surface area contributed by atoms with Crippen LogP contribution >= 0.6 is 0 Å². The minimum Gasteiger partial charge on any atom is -0.432 e. The van der Waals surface area contributed by atoms with Crippen LogP contribution in [0.25, 0.3) is 0 Å². The Labute approximate surface area is 332 Å². The summed E-state index contributed by atoms with van der Waals surface area (Å²) < 4.78 is 22.6. The maximum absolute atomic E-state index is 14.4. The van der Waals surface area contributed by atoms with Gasteiger partial charge in [-0.05, 0) is 92.8 Å². The van der Waals surface area contributed by atoms with Gasteiger partial charge in [-0.3, -0.25) is 9.59 Å². The summed E-state index contributed by atoms with van der Waals surface area (Å²) in [5, 5.41) is 105. The second-order valence-corrected chi connectivity index (χ2v) is 19.2. The van der Waals surface area contributed by atoms with Crippen molar-refractivity contribution in [3.8, 4) is 0 Å². The van der Waals surface area contributed by atoms with Crippen LogP contribution in [0.1, 0.15) is 85.5 Å². The molecule has 57 heavy (non-hydrogen) atoms. The molecule has 7 aliphatic rings. The molecule has 0 amide bonds. The summed E-state index contributed by atoms with van der Waals surface area (Å²) in [5.41, 5.74) is -2.22. The summed E-state index contributed by atoms with van der Waals surface area (Å²) in [6.45, 7) is 11.0. The first-order valence-corrected chi connectivity index (χ1v) is 20.4. The van der Waals surface area contributed by atoms with Gasteiger partial charge in [0.2, 0.25) is 12.6 Å².